The van der Waals surface area contributed by atoms with E-state index in [1.54, 1.807) is 7.11 Å². The van der Waals surface area contributed by atoms with Crippen molar-refractivity contribution in [1.29, 1.82) is 0 Å². The predicted octanol–water partition coefficient (Wildman–Crippen LogP) is -0.530. The number of rotatable bonds is 4. The Kier molecular flexibility index (Phi) is 4.45. The summed E-state index contributed by atoms with van der Waals surface area (Å²) >= 11 is 0. The van der Waals surface area contributed by atoms with Crippen LogP contribution in [0.5, 0.6) is 0 Å². The van der Waals surface area contributed by atoms with E-state index in [-0.39, 0.29) is 0 Å². The summed E-state index contributed by atoms with van der Waals surface area (Å²) in [5, 5.41) is 0. The molecule has 0 aromatic heterocycles. The summed E-state index contributed by atoms with van der Waals surface area (Å²) in [6.45, 7) is 5.75. The highest BCUT2D eigenvalue weighted by Gasteiger charge is 2.08. The number of hydroxylamine groups is 1. The molecule has 1 rings (SSSR count). The zero-order valence-corrected chi connectivity index (χ0v) is 7.01. The van der Waals surface area contributed by atoms with Gasteiger partial charge in [0.15, 0.2) is 0 Å². The second-order valence-electron chi connectivity index (χ2n) is 2.55. The van der Waals surface area contributed by atoms with Crippen LogP contribution in [-0.2, 0) is 9.57 Å². The maximum atomic E-state index is 5.21. The third-order valence-electron chi connectivity index (χ3n) is 1.78. The van der Waals surface area contributed by atoms with Gasteiger partial charge >= 0.3 is 0 Å². The number of nitrogens with one attached hydrogen (secondary N) is 1. The van der Waals surface area contributed by atoms with Crippen LogP contribution < -0.4 is 5.48 Å². The van der Waals surface area contributed by atoms with E-state index in [1.807, 2.05) is 0 Å². The van der Waals surface area contributed by atoms with Crippen LogP contribution in [0.3, 0.4) is 0 Å². The van der Waals surface area contributed by atoms with Crippen molar-refractivity contribution in [2.24, 2.45) is 0 Å². The van der Waals surface area contributed by atoms with Crippen molar-refractivity contribution in [3.05, 3.63) is 0 Å². The summed E-state index contributed by atoms with van der Waals surface area (Å²) in [4.78, 5) is 7.08. The molecule has 0 saturated carbocycles. The molecule has 0 radical (unpaired) electrons. The number of hydrogen-bond donors (Lipinski definition) is 1. The molecule has 0 aliphatic carbocycles. The Morgan fingerprint density at radius 3 is 2.82 bits per heavy atom. The first-order chi connectivity index (χ1) is 5.43. The second kappa shape index (κ2) is 5.49. The van der Waals surface area contributed by atoms with E-state index in [4.69, 9.17) is 9.57 Å². The molecule has 0 atom stereocenters. The predicted molar refractivity (Wildman–Crippen MR) is 42.3 cm³/mol. The van der Waals surface area contributed by atoms with Crippen LogP contribution in [0.15, 0.2) is 0 Å². The van der Waals surface area contributed by atoms with Crippen molar-refractivity contribution in [2.45, 2.75) is 0 Å². The first-order valence-electron chi connectivity index (χ1n) is 3.99. The highest BCUT2D eigenvalue weighted by atomic mass is 16.6. The van der Waals surface area contributed by atoms with E-state index >= 15 is 0 Å². The Bertz CT molecular complexity index is 94.4. The second-order valence-corrected chi connectivity index (χ2v) is 2.55. The fourth-order valence-electron chi connectivity index (χ4n) is 1.13. The molecule has 4 heteroatoms. The van der Waals surface area contributed by atoms with Crippen LogP contribution in [0.4, 0.5) is 0 Å². The molecular formula is C7H16N2O2. The van der Waals surface area contributed by atoms with Crippen molar-refractivity contribution in [3.8, 4) is 0 Å². The fraction of sp³-hybridized carbons (Fsp3) is 1.00. The standard InChI is InChI=1S/C7H16N2O2/c1-10-8-2-3-9-4-6-11-7-5-9/h8H,2-7H2,1H3. The van der Waals surface area contributed by atoms with Crippen molar-refractivity contribution in [1.82, 2.24) is 10.4 Å². The SMILES string of the molecule is CONCCN1CCOCC1. The van der Waals surface area contributed by atoms with Crippen LogP contribution >= 0.6 is 0 Å². The molecular weight excluding hydrogens is 144 g/mol. The minimum Gasteiger partial charge on any atom is -0.379 e. The molecule has 1 fully saturated rings. The highest BCUT2D eigenvalue weighted by molar-refractivity contribution is 4.61. The topological polar surface area (TPSA) is 33.7 Å². The molecule has 1 aliphatic rings. The summed E-state index contributed by atoms with van der Waals surface area (Å²) in [5.74, 6) is 0. The lowest BCUT2D eigenvalue weighted by Gasteiger charge is -2.26. The molecule has 0 unspecified atom stereocenters. The average molecular weight is 160 g/mol. The molecule has 0 bridgehead atoms. The summed E-state index contributed by atoms with van der Waals surface area (Å²) in [7, 11) is 1.64. The maximum Gasteiger partial charge on any atom is 0.0594 e. The zero-order valence-electron chi connectivity index (χ0n) is 7.01. The molecule has 1 aliphatic heterocycles. The number of hydrogen-bond acceptors (Lipinski definition) is 4. The van der Waals surface area contributed by atoms with E-state index < -0.39 is 0 Å². The first kappa shape index (κ1) is 8.93. The van der Waals surface area contributed by atoms with Crippen molar-refractivity contribution < 1.29 is 9.57 Å². The van der Waals surface area contributed by atoms with Gasteiger partial charge in [-0.2, -0.15) is 0 Å². The normalized spacial score (nSPS) is 20.5. The smallest absolute Gasteiger partial charge is 0.0594 e. The summed E-state index contributed by atoms with van der Waals surface area (Å²) in [6.07, 6.45) is 0. The van der Waals surface area contributed by atoms with Gasteiger partial charge in [-0.3, -0.25) is 4.90 Å². The molecule has 0 amide bonds. The Labute approximate surface area is 67.4 Å². The Morgan fingerprint density at radius 2 is 2.18 bits per heavy atom. The molecule has 1 N–H and O–H groups in total. The van der Waals surface area contributed by atoms with E-state index in [9.17, 15) is 0 Å². The van der Waals surface area contributed by atoms with Crippen LogP contribution in [0, 0.1) is 0 Å². The number of morpholine rings is 1. The van der Waals surface area contributed by atoms with Crippen molar-refractivity contribution in [3.63, 3.8) is 0 Å². The van der Waals surface area contributed by atoms with Crippen LogP contribution in [0.2, 0.25) is 0 Å². The van der Waals surface area contributed by atoms with E-state index in [1.165, 1.54) is 0 Å². The molecule has 0 aromatic rings. The molecule has 11 heavy (non-hydrogen) atoms. The van der Waals surface area contributed by atoms with Gasteiger partial charge in [0, 0.05) is 26.2 Å². The lowest BCUT2D eigenvalue weighted by atomic mass is 10.4. The highest BCUT2D eigenvalue weighted by Crippen LogP contribution is 1.94. The summed E-state index contributed by atoms with van der Waals surface area (Å²) < 4.78 is 5.21. The van der Waals surface area contributed by atoms with Gasteiger partial charge in [0.05, 0.1) is 20.3 Å². The summed E-state index contributed by atoms with van der Waals surface area (Å²) in [5.41, 5.74) is 2.81. The monoisotopic (exact) mass is 160 g/mol. The minimum atomic E-state index is 0.868. The maximum absolute atomic E-state index is 5.21. The molecule has 0 aromatic carbocycles. The third kappa shape index (κ3) is 3.67. The first-order valence-corrected chi connectivity index (χ1v) is 3.99. The van der Waals surface area contributed by atoms with E-state index in [0.717, 1.165) is 39.4 Å². The van der Waals surface area contributed by atoms with Crippen LogP contribution in [0.25, 0.3) is 0 Å². The van der Waals surface area contributed by atoms with Gasteiger partial charge in [0.25, 0.3) is 0 Å². The van der Waals surface area contributed by atoms with Gasteiger partial charge in [-0.05, 0) is 0 Å². The Hall–Kier alpha value is -0.160. The number of nitrogens with zero attached hydrogens (tertiary/aromatic N) is 1. The largest absolute Gasteiger partial charge is 0.379 e. The van der Waals surface area contributed by atoms with Gasteiger partial charge in [-0.25, -0.2) is 5.48 Å². The third-order valence-corrected chi connectivity index (χ3v) is 1.78. The number of ether oxygens (including phenoxy) is 1. The quantitative estimate of drug-likeness (QED) is 0.443. The molecule has 4 nitrogen and oxygen atoms in total. The minimum absolute atomic E-state index is 0.868. The summed E-state index contributed by atoms with van der Waals surface area (Å²) in [6, 6.07) is 0. The molecule has 1 heterocycles. The molecule has 0 spiro atoms. The Morgan fingerprint density at radius 1 is 1.45 bits per heavy atom. The van der Waals surface area contributed by atoms with Gasteiger partial charge in [0.1, 0.15) is 0 Å². The van der Waals surface area contributed by atoms with Gasteiger partial charge in [0.2, 0.25) is 0 Å². The fourth-order valence-corrected chi connectivity index (χ4v) is 1.13. The van der Waals surface area contributed by atoms with Crippen LogP contribution in [-0.4, -0.2) is 51.4 Å². The van der Waals surface area contributed by atoms with Crippen LogP contribution in [0.1, 0.15) is 0 Å². The zero-order chi connectivity index (χ0) is 7.94. The van der Waals surface area contributed by atoms with Crippen molar-refractivity contribution >= 4 is 0 Å². The lowest BCUT2D eigenvalue weighted by molar-refractivity contribution is 0.0268. The van der Waals surface area contributed by atoms with Gasteiger partial charge in [-0.15, -0.1) is 0 Å². The lowest BCUT2D eigenvalue weighted by Crippen LogP contribution is -2.40. The average Bonchev–Trinajstić information content (AvgIpc) is 2.07. The van der Waals surface area contributed by atoms with E-state index in [2.05, 4.69) is 10.4 Å². The van der Waals surface area contributed by atoms with E-state index in [0.29, 0.717) is 0 Å². The van der Waals surface area contributed by atoms with Gasteiger partial charge < -0.3 is 9.57 Å². The van der Waals surface area contributed by atoms with Crippen molar-refractivity contribution in [2.75, 3.05) is 46.5 Å². The molecule has 1 saturated heterocycles. The van der Waals surface area contributed by atoms with Gasteiger partial charge in [-0.1, -0.05) is 0 Å². The molecule has 66 valence electrons. The Balaban J connectivity index is 1.96.